The molecule has 2 aromatic heterocycles. The van der Waals surface area contributed by atoms with E-state index in [0.29, 0.717) is 24.5 Å². The molecule has 0 saturated carbocycles. The molecule has 1 N–H and O–H groups in total. The Bertz CT molecular complexity index is 632. The van der Waals surface area contributed by atoms with E-state index in [4.69, 9.17) is 11.6 Å². The molecule has 22 heavy (non-hydrogen) atoms. The van der Waals surface area contributed by atoms with Gasteiger partial charge in [-0.15, -0.1) is 0 Å². The van der Waals surface area contributed by atoms with Crippen LogP contribution in [0.3, 0.4) is 0 Å². The lowest BCUT2D eigenvalue weighted by Gasteiger charge is -2.07. The summed E-state index contributed by atoms with van der Waals surface area (Å²) in [5.41, 5.74) is 1.93. The largest absolute Gasteiger partial charge is 0.356 e. The minimum absolute atomic E-state index is 0.0413. The summed E-state index contributed by atoms with van der Waals surface area (Å²) in [5.74, 6) is 0.0413. The highest BCUT2D eigenvalue weighted by Crippen LogP contribution is 2.12. The highest BCUT2D eigenvalue weighted by atomic mass is 127. The van der Waals surface area contributed by atoms with Crippen LogP contribution in [0.15, 0.2) is 12.4 Å². The van der Waals surface area contributed by atoms with Crippen LogP contribution >= 0.6 is 34.2 Å². The number of carbonyl (C=O) groups is 1. The van der Waals surface area contributed by atoms with Crippen molar-refractivity contribution in [2.75, 3.05) is 6.54 Å². The summed E-state index contributed by atoms with van der Waals surface area (Å²) >= 11 is 8.18. The summed E-state index contributed by atoms with van der Waals surface area (Å²) < 4.78 is 4.78. The lowest BCUT2D eigenvalue weighted by Crippen LogP contribution is -2.26. The van der Waals surface area contributed by atoms with Gasteiger partial charge in [-0.3, -0.25) is 14.2 Å². The molecule has 2 heterocycles. The van der Waals surface area contributed by atoms with Gasteiger partial charge < -0.3 is 5.32 Å². The number of nitrogens with one attached hydrogen (secondary N) is 1. The summed E-state index contributed by atoms with van der Waals surface area (Å²) in [4.78, 5) is 11.8. The Kier molecular flexibility index (Phi) is 6.25. The SMILES string of the molecule is Cc1nn(CCCNC(=O)CCn2ncc(I)c2C)cc1Cl. The summed E-state index contributed by atoms with van der Waals surface area (Å²) in [6.07, 6.45) is 4.87. The van der Waals surface area contributed by atoms with Crippen molar-refractivity contribution in [3.8, 4) is 0 Å². The molecule has 1 amide bonds. The third-order valence-corrected chi connectivity index (χ3v) is 4.80. The number of halogens is 2. The van der Waals surface area contributed by atoms with Gasteiger partial charge in [0.25, 0.3) is 0 Å². The van der Waals surface area contributed by atoms with Gasteiger partial charge in [0, 0.05) is 37.9 Å². The van der Waals surface area contributed by atoms with E-state index in [1.807, 2.05) is 24.7 Å². The molecule has 2 rings (SSSR count). The lowest BCUT2D eigenvalue weighted by atomic mass is 10.3. The molecule has 0 radical (unpaired) electrons. The number of hydrogen-bond acceptors (Lipinski definition) is 3. The second-order valence-electron chi connectivity index (χ2n) is 5.08. The van der Waals surface area contributed by atoms with Crippen molar-refractivity contribution in [1.29, 1.82) is 0 Å². The molecule has 0 saturated heterocycles. The zero-order chi connectivity index (χ0) is 16.1. The molecule has 0 unspecified atom stereocenters. The number of amides is 1. The Morgan fingerprint density at radius 2 is 2.18 bits per heavy atom. The fourth-order valence-electron chi connectivity index (χ4n) is 2.02. The van der Waals surface area contributed by atoms with Gasteiger partial charge in [0.2, 0.25) is 5.91 Å². The van der Waals surface area contributed by atoms with Gasteiger partial charge in [0.05, 0.1) is 20.5 Å². The molecular formula is C14H19ClIN5O. The van der Waals surface area contributed by atoms with Crippen LogP contribution in [0.5, 0.6) is 0 Å². The molecule has 0 atom stereocenters. The number of hydrogen-bond donors (Lipinski definition) is 1. The molecule has 8 heteroatoms. The quantitative estimate of drug-likeness (QED) is 0.537. The minimum Gasteiger partial charge on any atom is -0.356 e. The van der Waals surface area contributed by atoms with Crippen LogP contribution in [-0.4, -0.2) is 32.0 Å². The van der Waals surface area contributed by atoms with Crippen molar-refractivity contribution in [1.82, 2.24) is 24.9 Å². The number of aromatic nitrogens is 4. The van der Waals surface area contributed by atoms with Crippen LogP contribution in [0.2, 0.25) is 5.02 Å². The second kappa shape index (κ2) is 7.96. The molecular weight excluding hydrogens is 417 g/mol. The standard InChI is InChI=1S/C14H19ClIN5O/c1-10-12(15)9-20(19-10)6-3-5-17-14(22)4-7-21-11(2)13(16)8-18-21/h8-9H,3-7H2,1-2H3,(H,17,22). The van der Waals surface area contributed by atoms with Gasteiger partial charge >= 0.3 is 0 Å². The summed E-state index contributed by atoms with van der Waals surface area (Å²) in [6, 6.07) is 0. The van der Waals surface area contributed by atoms with Gasteiger partial charge in [-0.05, 0) is 42.9 Å². The minimum atomic E-state index is 0.0413. The average Bonchev–Trinajstić information content (AvgIpc) is 2.97. The first-order valence-corrected chi connectivity index (χ1v) is 8.57. The van der Waals surface area contributed by atoms with E-state index < -0.39 is 0 Å². The van der Waals surface area contributed by atoms with E-state index in [0.717, 1.165) is 27.9 Å². The van der Waals surface area contributed by atoms with Crippen molar-refractivity contribution < 1.29 is 4.79 Å². The monoisotopic (exact) mass is 435 g/mol. The van der Waals surface area contributed by atoms with Crippen LogP contribution in [0.4, 0.5) is 0 Å². The Labute approximate surface area is 148 Å². The molecule has 0 bridgehead atoms. The summed E-state index contributed by atoms with van der Waals surface area (Å²) in [7, 11) is 0. The first-order valence-electron chi connectivity index (χ1n) is 7.11. The number of nitrogens with zero attached hydrogens (tertiary/aromatic N) is 4. The number of aryl methyl sites for hydroxylation is 3. The summed E-state index contributed by atoms with van der Waals surface area (Å²) in [5, 5.41) is 12.1. The predicted octanol–water partition coefficient (Wildman–Crippen LogP) is 2.55. The van der Waals surface area contributed by atoms with Crippen molar-refractivity contribution in [2.45, 2.75) is 39.8 Å². The molecule has 0 aliphatic carbocycles. The van der Waals surface area contributed by atoms with Gasteiger partial charge in [-0.25, -0.2) is 0 Å². The molecule has 0 fully saturated rings. The molecule has 0 aromatic carbocycles. The number of rotatable bonds is 7. The smallest absolute Gasteiger partial charge is 0.221 e. The van der Waals surface area contributed by atoms with Crippen molar-refractivity contribution >= 4 is 40.1 Å². The van der Waals surface area contributed by atoms with Crippen LogP contribution in [0, 0.1) is 17.4 Å². The molecule has 0 aliphatic rings. The Morgan fingerprint density at radius 1 is 1.41 bits per heavy atom. The van der Waals surface area contributed by atoms with E-state index in [2.05, 4.69) is 38.1 Å². The first kappa shape index (κ1) is 17.3. The van der Waals surface area contributed by atoms with Crippen molar-refractivity contribution in [3.05, 3.63) is 32.4 Å². The average molecular weight is 436 g/mol. The highest BCUT2D eigenvalue weighted by molar-refractivity contribution is 14.1. The van der Waals surface area contributed by atoms with Crippen LogP contribution in [-0.2, 0) is 17.9 Å². The van der Waals surface area contributed by atoms with Crippen molar-refractivity contribution in [3.63, 3.8) is 0 Å². The Balaban J connectivity index is 1.64. The van der Waals surface area contributed by atoms with Gasteiger partial charge in [0.1, 0.15) is 0 Å². The Morgan fingerprint density at radius 3 is 2.77 bits per heavy atom. The zero-order valence-electron chi connectivity index (χ0n) is 12.6. The maximum atomic E-state index is 11.8. The molecule has 6 nitrogen and oxygen atoms in total. The highest BCUT2D eigenvalue weighted by Gasteiger charge is 2.06. The Hall–Kier alpha value is -1.09. The van der Waals surface area contributed by atoms with E-state index in [1.54, 1.807) is 10.9 Å². The third kappa shape index (κ3) is 4.70. The van der Waals surface area contributed by atoms with Gasteiger partial charge in [-0.1, -0.05) is 11.6 Å². The fraction of sp³-hybridized carbons (Fsp3) is 0.500. The summed E-state index contributed by atoms with van der Waals surface area (Å²) in [6.45, 7) is 5.85. The zero-order valence-corrected chi connectivity index (χ0v) is 15.6. The van der Waals surface area contributed by atoms with Gasteiger partial charge in [-0.2, -0.15) is 10.2 Å². The molecule has 0 aliphatic heterocycles. The van der Waals surface area contributed by atoms with Crippen LogP contribution in [0.1, 0.15) is 24.2 Å². The van der Waals surface area contributed by atoms with Gasteiger partial charge in [0.15, 0.2) is 0 Å². The maximum Gasteiger partial charge on any atom is 0.221 e. The first-order chi connectivity index (χ1) is 10.5. The van der Waals surface area contributed by atoms with Crippen LogP contribution in [0.25, 0.3) is 0 Å². The predicted molar refractivity (Wildman–Crippen MR) is 93.9 cm³/mol. The topological polar surface area (TPSA) is 64.7 Å². The van der Waals surface area contributed by atoms with E-state index in [9.17, 15) is 4.79 Å². The lowest BCUT2D eigenvalue weighted by molar-refractivity contribution is -0.121. The molecule has 2 aromatic rings. The molecule has 0 spiro atoms. The second-order valence-corrected chi connectivity index (χ2v) is 6.65. The third-order valence-electron chi connectivity index (χ3n) is 3.37. The van der Waals surface area contributed by atoms with E-state index in [1.165, 1.54) is 0 Å². The fourth-order valence-corrected chi connectivity index (χ4v) is 2.58. The molecule has 120 valence electrons. The van der Waals surface area contributed by atoms with E-state index >= 15 is 0 Å². The normalized spacial score (nSPS) is 10.9. The van der Waals surface area contributed by atoms with Crippen molar-refractivity contribution in [2.24, 2.45) is 0 Å². The van der Waals surface area contributed by atoms with Crippen LogP contribution < -0.4 is 5.32 Å². The number of carbonyl (C=O) groups excluding carboxylic acids is 1. The maximum absolute atomic E-state index is 11.8. The van der Waals surface area contributed by atoms with E-state index in [-0.39, 0.29) is 5.91 Å².